The minimum absolute atomic E-state index is 0.139. The molecule has 0 fully saturated rings. The van der Waals surface area contributed by atoms with Crippen molar-refractivity contribution < 1.29 is 4.74 Å². The lowest BCUT2D eigenvalue weighted by Gasteiger charge is -2.30. The predicted molar refractivity (Wildman–Crippen MR) is 85.8 cm³/mol. The summed E-state index contributed by atoms with van der Waals surface area (Å²) >= 11 is 0. The average Bonchev–Trinajstić information content (AvgIpc) is 3.02. The first kappa shape index (κ1) is 13.4. The number of benzene rings is 1. The van der Waals surface area contributed by atoms with Crippen LogP contribution >= 0.6 is 0 Å². The quantitative estimate of drug-likeness (QED) is 0.847. The molecule has 1 aliphatic heterocycles. The monoisotopic (exact) mass is 296 g/mol. The second kappa shape index (κ2) is 4.60. The van der Waals surface area contributed by atoms with Gasteiger partial charge >= 0.3 is 0 Å². The molecule has 4 rings (SSSR count). The van der Waals surface area contributed by atoms with Crippen molar-refractivity contribution >= 4 is 6.02 Å². The number of amidine groups is 1. The number of nitrogens with one attached hydrogen (secondary N) is 1. The van der Waals surface area contributed by atoms with E-state index in [-0.39, 0.29) is 5.54 Å². The standard InChI is InChI=1S/C17H20N4O/c1-10-15(11(2)21-20-10)13-3-4-14-8-17(6-5-12(14)7-13)9-22-16(18)19-17/h3-4,7H,5-6,8-9H2,1-2H3,(H2,18,19)(H,20,21)/t17-/m0/s1. The molecule has 22 heavy (non-hydrogen) atoms. The summed E-state index contributed by atoms with van der Waals surface area (Å²) in [6.45, 7) is 4.72. The van der Waals surface area contributed by atoms with Crippen LogP contribution in [-0.4, -0.2) is 28.4 Å². The van der Waals surface area contributed by atoms with Gasteiger partial charge in [0.15, 0.2) is 0 Å². The van der Waals surface area contributed by atoms with E-state index in [1.54, 1.807) is 0 Å². The van der Waals surface area contributed by atoms with E-state index in [4.69, 9.17) is 10.5 Å². The Hall–Kier alpha value is -2.30. The van der Waals surface area contributed by atoms with Gasteiger partial charge in [0, 0.05) is 17.7 Å². The van der Waals surface area contributed by atoms with Crippen molar-refractivity contribution in [1.82, 2.24) is 10.2 Å². The van der Waals surface area contributed by atoms with Crippen molar-refractivity contribution in [3.8, 4) is 11.1 Å². The van der Waals surface area contributed by atoms with Crippen LogP contribution in [0.4, 0.5) is 0 Å². The van der Waals surface area contributed by atoms with E-state index in [2.05, 4.69) is 40.3 Å². The van der Waals surface area contributed by atoms with Crippen molar-refractivity contribution in [3.63, 3.8) is 0 Å². The highest BCUT2D eigenvalue weighted by atomic mass is 16.5. The molecule has 1 aromatic heterocycles. The molecule has 1 atom stereocenters. The Bertz CT molecular complexity index is 757. The van der Waals surface area contributed by atoms with E-state index in [0.29, 0.717) is 12.6 Å². The number of hydrogen-bond acceptors (Lipinski definition) is 4. The van der Waals surface area contributed by atoms with Gasteiger partial charge in [0.25, 0.3) is 6.02 Å². The van der Waals surface area contributed by atoms with E-state index in [1.807, 2.05) is 6.92 Å². The highest BCUT2D eigenvalue weighted by molar-refractivity contribution is 5.74. The maximum Gasteiger partial charge on any atom is 0.282 e. The second-order valence-electron chi connectivity index (χ2n) is 6.43. The number of ether oxygens (including phenoxy) is 1. The van der Waals surface area contributed by atoms with Crippen LogP contribution in [0, 0.1) is 13.8 Å². The molecule has 0 amide bonds. The lowest BCUT2D eigenvalue weighted by Crippen LogP contribution is -2.35. The van der Waals surface area contributed by atoms with Gasteiger partial charge in [-0.25, -0.2) is 4.99 Å². The van der Waals surface area contributed by atoms with Gasteiger partial charge in [0.1, 0.15) is 12.1 Å². The SMILES string of the molecule is Cc1n[nH]c(C)c1-c1ccc2c(c1)CC[C@@]1(COC(N)=N1)C2. The van der Waals surface area contributed by atoms with Gasteiger partial charge in [-0.05, 0) is 43.4 Å². The zero-order valence-corrected chi connectivity index (χ0v) is 12.9. The minimum atomic E-state index is -0.139. The summed E-state index contributed by atoms with van der Waals surface area (Å²) in [7, 11) is 0. The summed E-state index contributed by atoms with van der Waals surface area (Å²) in [4.78, 5) is 4.54. The van der Waals surface area contributed by atoms with Gasteiger partial charge in [-0.3, -0.25) is 5.10 Å². The fourth-order valence-electron chi connectivity index (χ4n) is 3.70. The summed E-state index contributed by atoms with van der Waals surface area (Å²) in [6, 6.07) is 7.05. The Morgan fingerprint density at radius 3 is 2.82 bits per heavy atom. The average molecular weight is 296 g/mol. The third-order valence-corrected chi connectivity index (χ3v) is 4.84. The fraction of sp³-hybridized carbons (Fsp3) is 0.412. The third-order valence-electron chi connectivity index (χ3n) is 4.84. The molecule has 2 aromatic rings. The molecule has 1 aromatic carbocycles. The Kier molecular flexibility index (Phi) is 2.79. The number of hydrogen-bond donors (Lipinski definition) is 2. The lowest BCUT2D eigenvalue weighted by molar-refractivity contribution is 0.235. The number of H-pyrrole nitrogens is 1. The fourth-order valence-corrected chi connectivity index (χ4v) is 3.70. The van der Waals surface area contributed by atoms with Crippen molar-refractivity contribution in [2.75, 3.05) is 6.61 Å². The largest absolute Gasteiger partial charge is 0.463 e. The molecule has 114 valence electrons. The van der Waals surface area contributed by atoms with E-state index in [0.717, 1.165) is 30.7 Å². The molecule has 5 heteroatoms. The first-order chi connectivity index (χ1) is 10.6. The number of nitrogens with two attached hydrogens (primary N) is 1. The van der Waals surface area contributed by atoms with Crippen LogP contribution in [0.25, 0.3) is 11.1 Å². The molecule has 0 unspecified atom stereocenters. The summed E-state index contributed by atoms with van der Waals surface area (Å²) in [5, 5.41) is 7.36. The van der Waals surface area contributed by atoms with Gasteiger partial charge < -0.3 is 10.5 Å². The molecule has 3 N–H and O–H groups in total. The smallest absolute Gasteiger partial charge is 0.282 e. The van der Waals surface area contributed by atoms with Crippen LogP contribution < -0.4 is 5.73 Å². The summed E-state index contributed by atoms with van der Waals surface area (Å²) in [5.41, 5.74) is 12.9. The van der Waals surface area contributed by atoms with Gasteiger partial charge in [0.05, 0.1) is 5.69 Å². The number of aliphatic imine (C=N–C) groups is 1. The highest BCUT2D eigenvalue weighted by Crippen LogP contribution is 2.37. The van der Waals surface area contributed by atoms with E-state index in [1.165, 1.54) is 22.3 Å². The molecule has 5 nitrogen and oxygen atoms in total. The van der Waals surface area contributed by atoms with Crippen LogP contribution in [0.5, 0.6) is 0 Å². The zero-order valence-electron chi connectivity index (χ0n) is 12.9. The third kappa shape index (κ3) is 2.00. The minimum Gasteiger partial charge on any atom is -0.463 e. The van der Waals surface area contributed by atoms with Gasteiger partial charge in [-0.1, -0.05) is 18.2 Å². The highest BCUT2D eigenvalue weighted by Gasteiger charge is 2.39. The van der Waals surface area contributed by atoms with E-state index >= 15 is 0 Å². The Morgan fingerprint density at radius 1 is 1.27 bits per heavy atom. The molecule has 0 bridgehead atoms. The Balaban J connectivity index is 1.70. The maximum absolute atomic E-state index is 5.70. The zero-order chi connectivity index (χ0) is 15.3. The maximum atomic E-state index is 5.70. The van der Waals surface area contributed by atoms with Crippen LogP contribution in [-0.2, 0) is 17.6 Å². The molecule has 2 aliphatic rings. The van der Waals surface area contributed by atoms with Crippen molar-refractivity contribution in [2.45, 2.75) is 38.6 Å². The number of rotatable bonds is 1. The normalized spacial score (nSPS) is 23.3. The molecular weight excluding hydrogens is 276 g/mol. The Morgan fingerprint density at radius 2 is 2.14 bits per heavy atom. The van der Waals surface area contributed by atoms with Crippen molar-refractivity contribution in [3.05, 3.63) is 40.7 Å². The first-order valence-corrected chi connectivity index (χ1v) is 7.68. The number of nitrogens with zero attached hydrogens (tertiary/aromatic N) is 2. The topological polar surface area (TPSA) is 76.3 Å². The van der Waals surface area contributed by atoms with Crippen molar-refractivity contribution in [1.29, 1.82) is 0 Å². The lowest BCUT2D eigenvalue weighted by atomic mass is 9.78. The van der Waals surface area contributed by atoms with Crippen molar-refractivity contribution in [2.24, 2.45) is 10.7 Å². The molecule has 0 saturated heterocycles. The second-order valence-corrected chi connectivity index (χ2v) is 6.43. The molecule has 1 spiro atoms. The van der Waals surface area contributed by atoms with Crippen LogP contribution in [0.3, 0.4) is 0 Å². The molecule has 0 radical (unpaired) electrons. The first-order valence-electron chi connectivity index (χ1n) is 7.68. The Labute approximate surface area is 129 Å². The van der Waals surface area contributed by atoms with Gasteiger partial charge in [0.2, 0.25) is 0 Å². The number of aromatic nitrogens is 2. The summed E-state index contributed by atoms with van der Waals surface area (Å²) in [6.07, 6.45) is 2.92. The van der Waals surface area contributed by atoms with E-state index in [9.17, 15) is 0 Å². The number of aryl methyl sites for hydroxylation is 3. The van der Waals surface area contributed by atoms with Crippen LogP contribution in [0.15, 0.2) is 23.2 Å². The van der Waals surface area contributed by atoms with E-state index < -0.39 is 0 Å². The van der Waals surface area contributed by atoms with Gasteiger partial charge in [-0.2, -0.15) is 5.10 Å². The molecule has 2 heterocycles. The molecule has 0 saturated carbocycles. The number of fused-ring (bicyclic) bond motifs is 1. The number of aromatic amines is 1. The van der Waals surface area contributed by atoms with Crippen LogP contribution in [0.1, 0.15) is 28.9 Å². The predicted octanol–water partition coefficient (Wildman–Crippen LogP) is 2.27. The van der Waals surface area contributed by atoms with Gasteiger partial charge in [-0.15, -0.1) is 0 Å². The molecule has 1 aliphatic carbocycles. The van der Waals surface area contributed by atoms with Crippen LogP contribution in [0.2, 0.25) is 0 Å². The summed E-state index contributed by atoms with van der Waals surface area (Å²) in [5.74, 6) is 0. The summed E-state index contributed by atoms with van der Waals surface area (Å²) < 4.78 is 5.39. The molecular formula is C17H20N4O.